The van der Waals surface area contributed by atoms with Gasteiger partial charge in [0.1, 0.15) is 5.82 Å². The Morgan fingerprint density at radius 3 is 2.25 bits per heavy atom. The molecule has 0 aromatic carbocycles. The van der Waals surface area contributed by atoms with Crippen molar-refractivity contribution in [3.05, 3.63) is 34.6 Å². The van der Waals surface area contributed by atoms with E-state index in [1.54, 1.807) is 6.92 Å². The van der Waals surface area contributed by atoms with Gasteiger partial charge in [-0.3, -0.25) is 0 Å². The van der Waals surface area contributed by atoms with Crippen molar-refractivity contribution in [3.63, 3.8) is 0 Å². The minimum Gasteiger partial charge on any atom is -0.373 e. The fourth-order valence-electron chi connectivity index (χ4n) is 1.86. The SMILES string of the molecule is CNc1cc(C(F)(F)F)cc(-n2nc(C)c(C)c2C)n1. The van der Waals surface area contributed by atoms with Gasteiger partial charge in [0.2, 0.25) is 0 Å². The third-order valence-corrected chi connectivity index (χ3v) is 3.27. The van der Waals surface area contributed by atoms with Crippen LogP contribution in [0.4, 0.5) is 19.0 Å². The molecule has 20 heavy (non-hydrogen) atoms. The first-order chi connectivity index (χ1) is 9.24. The molecular weight excluding hydrogens is 269 g/mol. The maximum atomic E-state index is 12.9. The summed E-state index contributed by atoms with van der Waals surface area (Å²) in [5.41, 5.74) is 1.73. The van der Waals surface area contributed by atoms with Crippen molar-refractivity contribution in [2.24, 2.45) is 0 Å². The first-order valence-corrected chi connectivity index (χ1v) is 6.04. The number of anilines is 1. The maximum Gasteiger partial charge on any atom is 0.416 e. The van der Waals surface area contributed by atoms with Crippen LogP contribution in [0.15, 0.2) is 12.1 Å². The molecule has 2 aromatic rings. The smallest absolute Gasteiger partial charge is 0.373 e. The van der Waals surface area contributed by atoms with Crippen molar-refractivity contribution >= 4 is 5.82 Å². The van der Waals surface area contributed by atoms with Gasteiger partial charge >= 0.3 is 6.18 Å². The molecule has 0 atom stereocenters. The lowest BCUT2D eigenvalue weighted by Gasteiger charge is -2.12. The summed E-state index contributed by atoms with van der Waals surface area (Å²) >= 11 is 0. The highest BCUT2D eigenvalue weighted by molar-refractivity contribution is 5.45. The van der Waals surface area contributed by atoms with Crippen LogP contribution >= 0.6 is 0 Å². The summed E-state index contributed by atoms with van der Waals surface area (Å²) in [6, 6.07) is 1.97. The molecule has 0 unspecified atom stereocenters. The summed E-state index contributed by atoms with van der Waals surface area (Å²) in [6.45, 7) is 5.49. The number of hydrogen-bond acceptors (Lipinski definition) is 3. The lowest BCUT2D eigenvalue weighted by Crippen LogP contribution is -2.11. The molecule has 0 amide bonds. The lowest BCUT2D eigenvalue weighted by molar-refractivity contribution is -0.137. The van der Waals surface area contributed by atoms with Crippen LogP contribution in [0.5, 0.6) is 0 Å². The topological polar surface area (TPSA) is 42.7 Å². The van der Waals surface area contributed by atoms with Gasteiger partial charge in [0.05, 0.1) is 11.3 Å². The molecule has 2 rings (SSSR count). The van der Waals surface area contributed by atoms with E-state index in [1.807, 2.05) is 13.8 Å². The van der Waals surface area contributed by atoms with E-state index in [-0.39, 0.29) is 11.6 Å². The number of hydrogen-bond donors (Lipinski definition) is 1. The first-order valence-electron chi connectivity index (χ1n) is 6.04. The van der Waals surface area contributed by atoms with Gasteiger partial charge in [-0.15, -0.1) is 0 Å². The Morgan fingerprint density at radius 2 is 1.80 bits per heavy atom. The zero-order valence-electron chi connectivity index (χ0n) is 11.6. The van der Waals surface area contributed by atoms with Crippen LogP contribution in [0.1, 0.15) is 22.5 Å². The van der Waals surface area contributed by atoms with E-state index in [9.17, 15) is 13.2 Å². The van der Waals surface area contributed by atoms with E-state index in [0.717, 1.165) is 29.1 Å². The molecule has 7 heteroatoms. The Balaban J connectivity index is 2.64. The van der Waals surface area contributed by atoms with E-state index in [0.29, 0.717) is 0 Å². The van der Waals surface area contributed by atoms with Crippen LogP contribution in [-0.4, -0.2) is 21.8 Å². The molecule has 2 aromatic heterocycles. The van der Waals surface area contributed by atoms with Gasteiger partial charge in [-0.25, -0.2) is 9.67 Å². The van der Waals surface area contributed by atoms with Crippen LogP contribution in [0.3, 0.4) is 0 Å². The van der Waals surface area contributed by atoms with Gasteiger partial charge in [0, 0.05) is 12.7 Å². The fourth-order valence-corrected chi connectivity index (χ4v) is 1.86. The number of nitrogens with one attached hydrogen (secondary N) is 1. The first kappa shape index (κ1) is 14.4. The lowest BCUT2D eigenvalue weighted by atomic mass is 10.2. The summed E-state index contributed by atoms with van der Waals surface area (Å²) in [6.07, 6.45) is -4.42. The number of halogens is 3. The molecule has 0 saturated heterocycles. The second-order valence-corrected chi connectivity index (χ2v) is 4.55. The number of pyridine rings is 1. The summed E-state index contributed by atoms with van der Waals surface area (Å²) in [5, 5.41) is 6.88. The van der Waals surface area contributed by atoms with Crippen molar-refractivity contribution in [2.45, 2.75) is 26.9 Å². The van der Waals surface area contributed by atoms with E-state index in [1.165, 1.54) is 11.7 Å². The van der Waals surface area contributed by atoms with Crippen LogP contribution in [0.25, 0.3) is 5.82 Å². The summed E-state index contributed by atoms with van der Waals surface area (Å²) in [5.74, 6) is 0.304. The van der Waals surface area contributed by atoms with Gasteiger partial charge in [-0.1, -0.05) is 0 Å². The standard InChI is InChI=1S/C13H15F3N4/c1-7-8(2)19-20(9(7)3)12-6-10(13(14,15)16)5-11(17-4)18-12/h5-6H,1-4H3,(H,17,18). The number of nitrogens with zero attached hydrogens (tertiary/aromatic N) is 3. The third-order valence-electron chi connectivity index (χ3n) is 3.27. The fraction of sp³-hybridized carbons (Fsp3) is 0.385. The quantitative estimate of drug-likeness (QED) is 0.920. The molecule has 0 spiro atoms. The number of aryl methyl sites for hydroxylation is 1. The highest BCUT2D eigenvalue weighted by Gasteiger charge is 2.32. The summed E-state index contributed by atoms with van der Waals surface area (Å²) in [7, 11) is 1.53. The molecule has 1 N–H and O–H groups in total. The molecule has 2 heterocycles. The number of aromatic nitrogens is 3. The molecule has 0 radical (unpaired) electrons. The van der Waals surface area contributed by atoms with Crippen LogP contribution in [-0.2, 0) is 6.18 Å². The van der Waals surface area contributed by atoms with Crippen molar-refractivity contribution in [2.75, 3.05) is 12.4 Å². The second kappa shape index (κ2) is 4.81. The average Bonchev–Trinajstić information content (AvgIpc) is 2.65. The summed E-state index contributed by atoms with van der Waals surface area (Å²) < 4.78 is 40.1. The molecule has 0 saturated carbocycles. The second-order valence-electron chi connectivity index (χ2n) is 4.55. The predicted molar refractivity (Wildman–Crippen MR) is 70.1 cm³/mol. The van der Waals surface area contributed by atoms with Gasteiger partial charge < -0.3 is 5.32 Å². The van der Waals surface area contributed by atoms with Crippen LogP contribution in [0.2, 0.25) is 0 Å². The van der Waals surface area contributed by atoms with Gasteiger partial charge in [-0.2, -0.15) is 18.3 Å². The third kappa shape index (κ3) is 2.48. The Hall–Kier alpha value is -2.05. The van der Waals surface area contributed by atoms with E-state index >= 15 is 0 Å². The largest absolute Gasteiger partial charge is 0.416 e. The average molecular weight is 284 g/mol. The Labute approximate surface area is 114 Å². The van der Waals surface area contributed by atoms with E-state index in [2.05, 4.69) is 15.4 Å². The molecule has 0 bridgehead atoms. The summed E-state index contributed by atoms with van der Waals surface area (Å²) in [4.78, 5) is 4.14. The predicted octanol–water partition coefficient (Wildman–Crippen LogP) is 3.25. The molecule has 0 aliphatic rings. The number of rotatable bonds is 2. The Morgan fingerprint density at radius 1 is 1.15 bits per heavy atom. The van der Waals surface area contributed by atoms with Crippen molar-refractivity contribution in [1.82, 2.24) is 14.8 Å². The molecule has 4 nitrogen and oxygen atoms in total. The minimum absolute atomic E-state index is 0.151. The molecule has 0 fully saturated rings. The molecule has 0 aliphatic heterocycles. The highest BCUT2D eigenvalue weighted by atomic mass is 19.4. The van der Waals surface area contributed by atoms with Gasteiger partial charge in [0.25, 0.3) is 0 Å². The Kier molecular flexibility index (Phi) is 3.45. The number of alkyl halides is 3. The molecule has 108 valence electrons. The monoisotopic (exact) mass is 284 g/mol. The minimum atomic E-state index is -4.42. The zero-order valence-corrected chi connectivity index (χ0v) is 11.6. The van der Waals surface area contributed by atoms with Crippen LogP contribution < -0.4 is 5.32 Å². The molecular formula is C13H15F3N4. The van der Waals surface area contributed by atoms with Crippen LogP contribution in [0, 0.1) is 20.8 Å². The molecule has 0 aliphatic carbocycles. The normalized spacial score (nSPS) is 11.8. The van der Waals surface area contributed by atoms with E-state index < -0.39 is 11.7 Å². The Bertz CT molecular complexity index is 644. The van der Waals surface area contributed by atoms with E-state index in [4.69, 9.17) is 0 Å². The zero-order chi connectivity index (χ0) is 15.1. The van der Waals surface area contributed by atoms with Gasteiger partial charge in [-0.05, 0) is 38.5 Å². The van der Waals surface area contributed by atoms with Crippen molar-refractivity contribution < 1.29 is 13.2 Å². The maximum absolute atomic E-state index is 12.9. The van der Waals surface area contributed by atoms with Crippen molar-refractivity contribution in [3.8, 4) is 5.82 Å². The van der Waals surface area contributed by atoms with Gasteiger partial charge in [0.15, 0.2) is 5.82 Å². The van der Waals surface area contributed by atoms with Crippen molar-refractivity contribution in [1.29, 1.82) is 0 Å². The highest BCUT2D eigenvalue weighted by Crippen LogP contribution is 2.32.